The number of imidazole rings is 1. The van der Waals surface area contributed by atoms with Crippen LogP contribution in [0.5, 0.6) is 0 Å². The Morgan fingerprint density at radius 3 is 3.00 bits per heavy atom. The van der Waals surface area contributed by atoms with Crippen LogP contribution < -0.4 is 5.32 Å². The molecular weight excluding hydrogens is 240 g/mol. The molecule has 19 heavy (non-hydrogen) atoms. The maximum atomic E-state index is 5.61. The van der Waals surface area contributed by atoms with Gasteiger partial charge in [0.15, 0.2) is 0 Å². The molecule has 2 atom stereocenters. The molecule has 102 valence electrons. The van der Waals surface area contributed by atoms with E-state index in [9.17, 15) is 0 Å². The Balaban J connectivity index is 2.14. The van der Waals surface area contributed by atoms with E-state index in [4.69, 9.17) is 9.72 Å². The van der Waals surface area contributed by atoms with Gasteiger partial charge in [0, 0.05) is 18.3 Å². The van der Waals surface area contributed by atoms with E-state index in [2.05, 4.69) is 28.7 Å². The van der Waals surface area contributed by atoms with Crippen molar-refractivity contribution < 1.29 is 4.74 Å². The molecule has 0 radical (unpaired) electrons. The maximum absolute atomic E-state index is 5.61. The Bertz CT molecular complexity index is 578. The summed E-state index contributed by atoms with van der Waals surface area (Å²) in [6, 6.07) is 2.75. The number of fused-ring (bicyclic) bond motifs is 1. The van der Waals surface area contributed by atoms with Crippen molar-refractivity contribution in [1.82, 2.24) is 19.9 Å². The molecule has 1 aliphatic rings. The summed E-state index contributed by atoms with van der Waals surface area (Å²) in [5, 5.41) is 3.33. The highest BCUT2D eigenvalue weighted by Crippen LogP contribution is 2.30. The lowest BCUT2D eigenvalue weighted by Gasteiger charge is -2.20. The Hall–Kier alpha value is -1.46. The smallest absolute Gasteiger partial charge is 0.117 e. The highest BCUT2D eigenvalue weighted by atomic mass is 16.5. The van der Waals surface area contributed by atoms with Crippen molar-refractivity contribution in [2.24, 2.45) is 0 Å². The zero-order valence-electron chi connectivity index (χ0n) is 11.6. The van der Waals surface area contributed by atoms with E-state index in [1.54, 1.807) is 0 Å². The van der Waals surface area contributed by atoms with Crippen LogP contribution in [0.15, 0.2) is 18.5 Å². The van der Waals surface area contributed by atoms with Gasteiger partial charge in [-0.25, -0.2) is 4.98 Å². The first kappa shape index (κ1) is 12.6. The molecule has 0 amide bonds. The molecule has 0 bridgehead atoms. The van der Waals surface area contributed by atoms with Gasteiger partial charge in [0.25, 0.3) is 0 Å². The SMILES string of the molecule is CNC1COCC1c1nc2cnccc2n1C(C)C. The highest BCUT2D eigenvalue weighted by Gasteiger charge is 2.33. The van der Waals surface area contributed by atoms with Crippen molar-refractivity contribution in [2.75, 3.05) is 20.3 Å². The van der Waals surface area contributed by atoms with E-state index in [0.29, 0.717) is 18.0 Å². The average molecular weight is 260 g/mol. The molecule has 1 aliphatic heterocycles. The lowest BCUT2D eigenvalue weighted by molar-refractivity contribution is 0.187. The van der Waals surface area contributed by atoms with Crippen molar-refractivity contribution >= 4 is 11.0 Å². The van der Waals surface area contributed by atoms with Crippen molar-refractivity contribution in [2.45, 2.75) is 31.8 Å². The first-order chi connectivity index (χ1) is 9.22. The molecule has 2 unspecified atom stereocenters. The minimum Gasteiger partial charge on any atom is -0.379 e. The van der Waals surface area contributed by atoms with Crippen LogP contribution in [-0.2, 0) is 4.74 Å². The van der Waals surface area contributed by atoms with Crippen molar-refractivity contribution in [1.29, 1.82) is 0 Å². The summed E-state index contributed by atoms with van der Waals surface area (Å²) >= 11 is 0. The average Bonchev–Trinajstić information content (AvgIpc) is 3.01. The Morgan fingerprint density at radius 2 is 2.26 bits per heavy atom. The normalized spacial score (nSPS) is 23.6. The summed E-state index contributed by atoms with van der Waals surface area (Å²) in [5.74, 6) is 1.41. The van der Waals surface area contributed by atoms with Crippen LogP contribution in [0.25, 0.3) is 11.0 Å². The maximum Gasteiger partial charge on any atom is 0.117 e. The summed E-state index contributed by atoms with van der Waals surface area (Å²) < 4.78 is 7.92. The monoisotopic (exact) mass is 260 g/mol. The molecule has 5 nitrogen and oxygen atoms in total. The lowest BCUT2D eigenvalue weighted by atomic mass is 10.0. The Labute approximate surface area is 113 Å². The molecule has 2 aromatic heterocycles. The minimum absolute atomic E-state index is 0.305. The molecule has 0 spiro atoms. The van der Waals surface area contributed by atoms with E-state index in [0.717, 1.165) is 30.1 Å². The number of likely N-dealkylation sites (N-methyl/N-ethyl adjacent to an activating group) is 1. The second-order valence-corrected chi connectivity index (χ2v) is 5.34. The van der Waals surface area contributed by atoms with Crippen LogP contribution in [0.4, 0.5) is 0 Å². The molecule has 3 rings (SSSR count). The fraction of sp³-hybridized carbons (Fsp3) is 0.571. The Kier molecular flexibility index (Phi) is 3.24. The third-order valence-corrected chi connectivity index (χ3v) is 3.82. The number of hydrogen-bond acceptors (Lipinski definition) is 4. The van der Waals surface area contributed by atoms with Crippen LogP contribution in [-0.4, -0.2) is 40.8 Å². The first-order valence-corrected chi connectivity index (χ1v) is 6.79. The van der Waals surface area contributed by atoms with Gasteiger partial charge in [0.2, 0.25) is 0 Å². The van der Waals surface area contributed by atoms with Crippen LogP contribution in [0.3, 0.4) is 0 Å². The van der Waals surface area contributed by atoms with E-state index in [1.807, 2.05) is 25.5 Å². The van der Waals surface area contributed by atoms with Gasteiger partial charge < -0.3 is 14.6 Å². The molecule has 2 aromatic rings. The second-order valence-electron chi connectivity index (χ2n) is 5.34. The third-order valence-electron chi connectivity index (χ3n) is 3.82. The van der Waals surface area contributed by atoms with Crippen molar-refractivity contribution in [3.63, 3.8) is 0 Å². The molecule has 0 aromatic carbocycles. The summed E-state index contributed by atoms with van der Waals surface area (Å²) in [5.41, 5.74) is 2.12. The number of rotatable bonds is 3. The first-order valence-electron chi connectivity index (χ1n) is 6.79. The molecule has 3 heterocycles. The van der Waals surface area contributed by atoms with Crippen molar-refractivity contribution in [3.8, 4) is 0 Å². The zero-order valence-corrected chi connectivity index (χ0v) is 11.6. The fourth-order valence-electron chi connectivity index (χ4n) is 2.87. The van der Waals surface area contributed by atoms with Crippen molar-refractivity contribution in [3.05, 3.63) is 24.3 Å². The minimum atomic E-state index is 0.305. The summed E-state index contributed by atoms with van der Waals surface area (Å²) in [7, 11) is 1.98. The molecule has 1 N–H and O–H groups in total. The van der Waals surface area contributed by atoms with E-state index in [-0.39, 0.29) is 0 Å². The predicted octanol–water partition coefficient (Wildman–Crippen LogP) is 1.71. The molecule has 1 fully saturated rings. The van der Waals surface area contributed by atoms with Gasteiger partial charge in [-0.1, -0.05) is 0 Å². The quantitative estimate of drug-likeness (QED) is 0.913. The number of hydrogen-bond donors (Lipinski definition) is 1. The molecule has 0 aliphatic carbocycles. The zero-order chi connectivity index (χ0) is 13.4. The largest absolute Gasteiger partial charge is 0.379 e. The number of pyridine rings is 1. The lowest BCUT2D eigenvalue weighted by Crippen LogP contribution is -2.32. The van der Waals surface area contributed by atoms with Gasteiger partial charge in [0.05, 0.1) is 30.8 Å². The van der Waals surface area contributed by atoms with E-state index < -0.39 is 0 Å². The van der Waals surface area contributed by atoms with Gasteiger partial charge in [-0.2, -0.15) is 0 Å². The van der Waals surface area contributed by atoms with Crippen LogP contribution in [0.2, 0.25) is 0 Å². The highest BCUT2D eigenvalue weighted by molar-refractivity contribution is 5.75. The second kappa shape index (κ2) is 4.90. The van der Waals surface area contributed by atoms with Crippen LogP contribution in [0.1, 0.15) is 31.6 Å². The summed E-state index contributed by atoms with van der Waals surface area (Å²) in [6.45, 7) is 5.86. The number of ether oxygens (including phenoxy) is 1. The van der Waals surface area contributed by atoms with Crippen LogP contribution >= 0.6 is 0 Å². The number of nitrogens with zero attached hydrogens (tertiary/aromatic N) is 3. The molecule has 0 saturated carbocycles. The molecule has 5 heteroatoms. The fourth-order valence-corrected chi connectivity index (χ4v) is 2.87. The Morgan fingerprint density at radius 1 is 1.42 bits per heavy atom. The van der Waals surface area contributed by atoms with Gasteiger partial charge in [0.1, 0.15) is 11.3 Å². The standard InChI is InChI=1S/C14H20N4O/c1-9(2)18-13-4-5-16-6-11(13)17-14(18)10-7-19-8-12(10)15-3/h4-6,9-10,12,15H,7-8H2,1-3H3. The van der Waals surface area contributed by atoms with Gasteiger partial charge in [-0.3, -0.25) is 4.98 Å². The van der Waals surface area contributed by atoms with Crippen LogP contribution in [0, 0.1) is 0 Å². The molecule has 1 saturated heterocycles. The van der Waals surface area contributed by atoms with Gasteiger partial charge in [-0.05, 0) is 27.0 Å². The molecular formula is C14H20N4O. The topological polar surface area (TPSA) is 52.0 Å². The van der Waals surface area contributed by atoms with E-state index >= 15 is 0 Å². The predicted molar refractivity (Wildman–Crippen MR) is 74.3 cm³/mol. The van der Waals surface area contributed by atoms with E-state index in [1.165, 1.54) is 0 Å². The summed E-state index contributed by atoms with van der Waals surface area (Å²) in [6.07, 6.45) is 3.66. The third kappa shape index (κ3) is 2.03. The number of nitrogens with one attached hydrogen (secondary N) is 1. The van der Waals surface area contributed by atoms with Gasteiger partial charge in [-0.15, -0.1) is 0 Å². The van der Waals surface area contributed by atoms with Gasteiger partial charge >= 0.3 is 0 Å². The number of aromatic nitrogens is 3. The summed E-state index contributed by atoms with van der Waals surface area (Å²) in [4.78, 5) is 8.96.